The molecule has 0 aliphatic heterocycles. The quantitative estimate of drug-likeness (QED) is 0.598. The molecule has 4 nitrogen and oxygen atoms in total. The van der Waals surface area contributed by atoms with Crippen molar-refractivity contribution in [2.75, 3.05) is 25.7 Å². The van der Waals surface area contributed by atoms with Gasteiger partial charge in [-0.25, -0.2) is 8.42 Å². The lowest BCUT2D eigenvalue weighted by molar-refractivity contribution is 0.148. The fourth-order valence-electron chi connectivity index (χ4n) is 0.896. The highest BCUT2D eigenvalue weighted by Crippen LogP contribution is 2.00. The maximum Gasteiger partial charge on any atom is 0.149 e. The monoisotopic (exact) mass is 196 g/mol. The average Bonchev–Trinajstić information content (AvgIpc) is 1.84. The highest BCUT2D eigenvalue weighted by atomic mass is 32.2. The van der Waals surface area contributed by atoms with E-state index in [2.05, 4.69) is 0 Å². The van der Waals surface area contributed by atoms with Crippen molar-refractivity contribution in [1.29, 1.82) is 0 Å². The van der Waals surface area contributed by atoms with Gasteiger partial charge in [-0.15, -0.1) is 0 Å². The zero-order chi connectivity index (χ0) is 9.61. The Kier molecular flexibility index (Phi) is 5.44. The summed E-state index contributed by atoms with van der Waals surface area (Å²) in [6, 6.07) is 0. The Balaban J connectivity index is 3.53. The van der Waals surface area contributed by atoms with Gasteiger partial charge in [-0.2, -0.15) is 0 Å². The predicted octanol–water partition coefficient (Wildman–Crippen LogP) is -0.181. The Morgan fingerprint density at radius 3 is 2.50 bits per heavy atom. The van der Waals surface area contributed by atoms with Crippen LogP contribution in [-0.4, -0.2) is 45.4 Å². The van der Waals surface area contributed by atoms with E-state index in [1.54, 1.807) is 7.11 Å². The van der Waals surface area contributed by atoms with Crippen molar-refractivity contribution in [2.24, 2.45) is 0 Å². The predicted molar refractivity (Wildman–Crippen MR) is 46.8 cm³/mol. The molecule has 0 rings (SSSR count). The molecule has 0 saturated heterocycles. The second kappa shape index (κ2) is 5.50. The van der Waals surface area contributed by atoms with E-state index in [4.69, 9.17) is 4.74 Å². The Bertz CT molecular complexity index is 197. The summed E-state index contributed by atoms with van der Waals surface area (Å²) in [6.07, 6.45) is 1.52. The lowest BCUT2D eigenvalue weighted by Gasteiger charge is -2.07. The molecule has 1 unspecified atom stereocenters. The summed E-state index contributed by atoms with van der Waals surface area (Å²) in [5.74, 6) is -0.156. The van der Waals surface area contributed by atoms with E-state index < -0.39 is 15.9 Å². The topological polar surface area (TPSA) is 63.6 Å². The lowest BCUT2D eigenvalue weighted by Crippen LogP contribution is -2.20. The molecule has 0 heterocycles. The Morgan fingerprint density at radius 1 is 1.50 bits per heavy atom. The van der Waals surface area contributed by atoms with Gasteiger partial charge >= 0.3 is 0 Å². The van der Waals surface area contributed by atoms with Crippen LogP contribution >= 0.6 is 0 Å². The number of aliphatic hydroxyl groups is 1. The molecule has 1 atom stereocenters. The molecule has 5 heteroatoms. The highest BCUT2D eigenvalue weighted by molar-refractivity contribution is 7.90. The van der Waals surface area contributed by atoms with Crippen LogP contribution in [0.3, 0.4) is 0 Å². The van der Waals surface area contributed by atoms with Gasteiger partial charge in [0.25, 0.3) is 0 Å². The molecule has 0 aromatic carbocycles. The van der Waals surface area contributed by atoms with Crippen LogP contribution in [0.5, 0.6) is 0 Å². The second-order valence-corrected chi connectivity index (χ2v) is 5.07. The SMILES string of the molecule is COCCCC(O)CS(C)(=O)=O. The molecule has 0 amide bonds. The molecular formula is C7H16O4S. The Morgan fingerprint density at radius 2 is 2.08 bits per heavy atom. The van der Waals surface area contributed by atoms with Crippen LogP contribution < -0.4 is 0 Å². The van der Waals surface area contributed by atoms with Gasteiger partial charge in [-0.1, -0.05) is 0 Å². The van der Waals surface area contributed by atoms with Gasteiger partial charge in [0.1, 0.15) is 9.84 Å². The normalized spacial score (nSPS) is 14.6. The van der Waals surface area contributed by atoms with Crippen LogP contribution in [-0.2, 0) is 14.6 Å². The van der Waals surface area contributed by atoms with Crippen LogP contribution in [0, 0.1) is 0 Å². The van der Waals surface area contributed by atoms with Crippen LogP contribution in [0.2, 0.25) is 0 Å². The first-order chi connectivity index (χ1) is 5.45. The van der Waals surface area contributed by atoms with Gasteiger partial charge in [-0.3, -0.25) is 0 Å². The largest absolute Gasteiger partial charge is 0.392 e. The van der Waals surface area contributed by atoms with E-state index in [-0.39, 0.29) is 5.75 Å². The number of rotatable bonds is 6. The zero-order valence-electron chi connectivity index (χ0n) is 7.49. The first-order valence-electron chi connectivity index (χ1n) is 3.80. The summed E-state index contributed by atoms with van der Waals surface area (Å²) in [5.41, 5.74) is 0. The minimum absolute atomic E-state index is 0.156. The maximum atomic E-state index is 10.7. The lowest BCUT2D eigenvalue weighted by atomic mass is 10.2. The number of hydrogen-bond donors (Lipinski definition) is 1. The minimum atomic E-state index is -3.05. The van der Waals surface area contributed by atoms with Crippen LogP contribution in [0.25, 0.3) is 0 Å². The Hall–Kier alpha value is -0.130. The molecule has 74 valence electrons. The molecule has 0 aromatic heterocycles. The first-order valence-corrected chi connectivity index (χ1v) is 5.86. The van der Waals surface area contributed by atoms with Gasteiger partial charge < -0.3 is 9.84 Å². The van der Waals surface area contributed by atoms with Crippen molar-refractivity contribution in [2.45, 2.75) is 18.9 Å². The molecule has 0 spiro atoms. The maximum absolute atomic E-state index is 10.7. The van der Waals surface area contributed by atoms with Crippen molar-refractivity contribution in [3.05, 3.63) is 0 Å². The van der Waals surface area contributed by atoms with Crippen LogP contribution in [0.4, 0.5) is 0 Å². The summed E-state index contributed by atoms with van der Waals surface area (Å²) < 4.78 is 26.1. The van der Waals surface area contributed by atoms with Crippen LogP contribution in [0.15, 0.2) is 0 Å². The van der Waals surface area contributed by atoms with Gasteiger partial charge in [0.05, 0.1) is 11.9 Å². The van der Waals surface area contributed by atoms with E-state index in [0.717, 1.165) is 6.26 Å². The molecule has 0 aromatic rings. The van der Waals surface area contributed by atoms with Crippen molar-refractivity contribution < 1.29 is 18.3 Å². The molecule has 1 N–H and O–H groups in total. The third kappa shape index (κ3) is 7.97. The van der Waals surface area contributed by atoms with Gasteiger partial charge in [-0.05, 0) is 12.8 Å². The van der Waals surface area contributed by atoms with E-state index in [1.165, 1.54) is 0 Å². The smallest absolute Gasteiger partial charge is 0.149 e. The minimum Gasteiger partial charge on any atom is -0.392 e. The van der Waals surface area contributed by atoms with Crippen molar-refractivity contribution in [3.8, 4) is 0 Å². The van der Waals surface area contributed by atoms with Gasteiger partial charge in [0, 0.05) is 20.0 Å². The molecule has 0 bridgehead atoms. The van der Waals surface area contributed by atoms with E-state index in [9.17, 15) is 13.5 Å². The standard InChI is InChI=1S/C7H16O4S/c1-11-5-3-4-7(8)6-12(2,9)10/h7-8H,3-6H2,1-2H3. The van der Waals surface area contributed by atoms with E-state index in [1.807, 2.05) is 0 Å². The summed E-state index contributed by atoms with van der Waals surface area (Å²) in [5, 5.41) is 9.18. The highest BCUT2D eigenvalue weighted by Gasteiger charge is 2.11. The molecule has 0 aliphatic rings. The third-order valence-electron chi connectivity index (χ3n) is 1.38. The third-order valence-corrected chi connectivity index (χ3v) is 2.37. The number of methoxy groups -OCH3 is 1. The number of hydrogen-bond acceptors (Lipinski definition) is 4. The molecular weight excluding hydrogens is 180 g/mol. The molecule has 0 aliphatic carbocycles. The van der Waals surface area contributed by atoms with Crippen molar-refractivity contribution in [1.82, 2.24) is 0 Å². The average molecular weight is 196 g/mol. The fourth-order valence-corrected chi connectivity index (χ4v) is 1.76. The molecule has 0 radical (unpaired) electrons. The van der Waals surface area contributed by atoms with Gasteiger partial charge in [0.15, 0.2) is 0 Å². The number of sulfone groups is 1. The summed E-state index contributed by atoms with van der Waals surface area (Å²) in [4.78, 5) is 0. The molecule has 0 saturated carbocycles. The zero-order valence-corrected chi connectivity index (χ0v) is 8.30. The summed E-state index contributed by atoms with van der Waals surface area (Å²) in [7, 11) is -1.48. The number of ether oxygens (including phenoxy) is 1. The fraction of sp³-hybridized carbons (Fsp3) is 1.00. The molecule has 0 fully saturated rings. The summed E-state index contributed by atoms with van der Waals surface area (Å²) in [6.45, 7) is 0.556. The number of aliphatic hydroxyl groups excluding tert-OH is 1. The van der Waals surface area contributed by atoms with Crippen molar-refractivity contribution in [3.63, 3.8) is 0 Å². The summed E-state index contributed by atoms with van der Waals surface area (Å²) >= 11 is 0. The second-order valence-electron chi connectivity index (χ2n) is 2.88. The Labute approximate surface area is 73.5 Å². The molecule has 12 heavy (non-hydrogen) atoms. The van der Waals surface area contributed by atoms with E-state index in [0.29, 0.717) is 19.4 Å². The van der Waals surface area contributed by atoms with Crippen LogP contribution in [0.1, 0.15) is 12.8 Å². The van der Waals surface area contributed by atoms with Gasteiger partial charge in [0.2, 0.25) is 0 Å². The van der Waals surface area contributed by atoms with E-state index >= 15 is 0 Å². The first kappa shape index (κ1) is 11.9. The van der Waals surface area contributed by atoms with Crippen molar-refractivity contribution >= 4 is 9.84 Å².